The topological polar surface area (TPSA) is 49.5 Å². The van der Waals surface area contributed by atoms with Crippen LogP contribution in [0.1, 0.15) is 0 Å². The molecule has 4 nitrogen and oxygen atoms in total. The Morgan fingerprint density at radius 3 is 2.71 bits per heavy atom. The van der Waals surface area contributed by atoms with Crippen molar-refractivity contribution >= 4 is 6.21 Å². The molecule has 0 unspecified atom stereocenters. The van der Waals surface area contributed by atoms with Crippen molar-refractivity contribution < 1.29 is 9.95 Å². The van der Waals surface area contributed by atoms with Gasteiger partial charge in [0.05, 0.1) is 0 Å². The van der Waals surface area contributed by atoms with Crippen molar-refractivity contribution in [3.8, 4) is 0 Å². The molecule has 0 aromatic carbocycles. The zero-order chi connectivity index (χ0) is 5.28. The van der Waals surface area contributed by atoms with Crippen LogP contribution < -0.4 is 0 Å². The lowest BCUT2D eigenvalue weighted by molar-refractivity contribution is -0.482. The molecule has 7 heavy (non-hydrogen) atoms. The van der Waals surface area contributed by atoms with Crippen molar-refractivity contribution in [1.82, 2.24) is 5.06 Å². The Morgan fingerprint density at radius 2 is 2.57 bits per heavy atom. The largest absolute Gasteiger partial charge is 0.623 e. The Morgan fingerprint density at radius 1 is 1.86 bits per heavy atom. The predicted octanol–water partition coefficient (Wildman–Crippen LogP) is -0.770. The molecule has 1 aliphatic heterocycles. The highest BCUT2D eigenvalue weighted by atomic mass is 16.5. The molecule has 4 heteroatoms. The summed E-state index contributed by atoms with van der Waals surface area (Å²) >= 11 is 0. The Kier molecular flexibility index (Phi) is 0.958. The van der Waals surface area contributed by atoms with Crippen LogP contribution in [-0.4, -0.2) is 34.4 Å². The average molecular weight is 102 g/mol. The quantitative estimate of drug-likeness (QED) is 0.323. The van der Waals surface area contributed by atoms with Gasteiger partial charge < -0.3 is 10.4 Å². The third kappa shape index (κ3) is 0.880. The number of rotatable bonds is 0. The van der Waals surface area contributed by atoms with Gasteiger partial charge in [0, 0.05) is 0 Å². The maximum Gasteiger partial charge on any atom is 0.230 e. The molecule has 0 aromatic heterocycles. The van der Waals surface area contributed by atoms with Crippen LogP contribution in [0.5, 0.6) is 0 Å². The zero-order valence-electron chi connectivity index (χ0n) is 3.74. The highest BCUT2D eigenvalue weighted by Gasteiger charge is 2.10. The summed E-state index contributed by atoms with van der Waals surface area (Å²) < 4.78 is 0.681. The lowest BCUT2D eigenvalue weighted by atomic mass is 10.8. The fourth-order valence-corrected chi connectivity index (χ4v) is 0.462. The molecule has 1 aliphatic rings. The minimum atomic E-state index is 0.0833. The summed E-state index contributed by atoms with van der Waals surface area (Å²) in [5, 5.41) is 19.5. The van der Waals surface area contributed by atoms with E-state index in [1.165, 1.54) is 6.21 Å². The van der Waals surface area contributed by atoms with E-state index < -0.39 is 0 Å². The zero-order valence-corrected chi connectivity index (χ0v) is 3.74. The molecule has 1 heterocycles. The molecule has 0 radical (unpaired) electrons. The molecule has 0 bridgehead atoms. The van der Waals surface area contributed by atoms with E-state index in [4.69, 9.17) is 5.21 Å². The first-order valence-corrected chi connectivity index (χ1v) is 2.00. The fourth-order valence-electron chi connectivity index (χ4n) is 0.462. The van der Waals surface area contributed by atoms with Gasteiger partial charge in [-0.25, -0.2) is 0 Å². The van der Waals surface area contributed by atoms with Crippen LogP contribution in [0.4, 0.5) is 0 Å². The van der Waals surface area contributed by atoms with Crippen LogP contribution in [-0.2, 0) is 0 Å². The first kappa shape index (κ1) is 4.55. The van der Waals surface area contributed by atoms with Gasteiger partial charge in [0.25, 0.3) is 0 Å². The van der Waals surface area contributed by atoms with E-state index in [0.717, 1.165) is 5.06 Å². The second-order valence-electron chi connectivity index (χ2n) is 1.43. The summed E-state index contributed by atoms with van der Waals surface area (Å²) in [5.41, 5.74) is 0. The van der Waals surface area contributed by atoms with Crippen molar-refractivity contribution in [3.63, 3.8) is 0 Å². The van der Waals surface area contributed by atoms with Crippen molar-refractivity contribution in [2.75, 3.05) is 13.2 Å². The van der Waals surface area contributed by atoms with E-state index in [-0.39, 0.29) is 6.67 Å². The van der Waals surface area contributed by atoms with Gasteiger partial charge in [-0.3, -0.25) is 0 Å². The monoisotopic (exact) mass is 102 g/mol. The maximum absolute atomic E-state index is 10.1. The molecule has 1 rings (SSSR count). The number of hydrogen-bond donors (Lipinski definition) is 1. The molecule has 0 aliphatic carbocycles. The summed E-state index contributed by atoms with van der Waals surface area (Å²) in [6, 6.07) is 0. The van der Waals surface area contributed by atoms with Crippen LogP contribution in [0, 0.1) is 5.21 Å². The minimum absolute atomic E-state index is 0.0833. The Bertz CT molecular complexity index is 101. The van der Waals surface area contributed by atoms with E-state index >= 15 is 0 Å². The Hall–Kier alpha value is -0.610. The fraction of sp³-hybridized carbons (Fsp3) is 0.667. The molecule has 0 saturated carbocycles. The molecular weight excluding hydrogens is 96.0 g/mol. The van der Waals surface area contributed by atoms with Crippen LogP contribution in [0.15, 0.2) is 0 Å². The van der Waals surface area contributed by atoms with Crippen LogP contribution in [0.25, 0.3) is 0 Å². The smallest absolute Gasteiger partial charge is 0.230 e. The summed E-state index contributed by atoms with van der Waals surface area (Å²) in [5.74, 6) is 0. The van der Waals surface area contributed by atoms with E-state index in [2.05, 4.69) is 0 Å². The maximum atomic E-state index is 10.1. The summed E-state index contributed by atoms with van der Waals surface area (Å²) in [6.45, 7) is 0.434. The SMILES string of the molecule is [O-][N+]1=CCN(O)C1. The van der Waals surface area contributed by atoms with Crippen LogP contribution >= 0.6 is 0 Å². The third-order valence-corrected chi connectivity index (χ3v) is 0.799. The normalized spacial score (nSPS) is 22.7. The molecule has 40 valence electrons. The lowest BCUT2D eigenvalue weighted by Gasteiger charge is -1.98. The van der Waals surface area contributed by atoms with Gasteiger partial charge in [0.2, 0.25) is 6.67 Å². The van der Waals surface area contributed by atoms with E-state index in [1.807, 2.05) is 0 Å². The molecule has 0 atom stereocenters. The highest BCUT2D eigenvalue weighted by Crippen LogP contribution is 1.85. The molecule has 0 fully saturated rings. The van der Waals surface area contributed by atoms with Gasteiger partial charge in [-0.1, -0.05) is 0 Å². The van der Waals surface area contributed by atoms with Crippen molar-refractivity contribution in [3.05, 3.63) is 5.21 Å². The van der Waals surface area contributed by atoms with Gasteiger partial charge in [-0.05, 0) is 0 Å². The lowest BCUT2D eigenvalue weighted by Crippen LogP contribution is -2.17. The first-order chi connectivity index (χ1) is 3.29. The van der Waals surface area contributed by atoms with Gasteiger partial charge in [0.1, 0.15) is 6.54 Å². The molecule has 0 saturated heterocycles. The molecular formula is C3H6N2O2. The molecule has 1 N–H and O–H groups in total. The molecule has 0 aromatic rings. The summed E-state index contributed by atoms with van der Waals surface area (Å²) in [6.07, 6.45) is 1.38. The Labute approximate surface area is 40.8 Å². The summed E-state index contributed by atoms with van der Waals surface area (Å²) in [4.78, 5) is 0. The van der Waals surface area contributed by atoms with E-state index in [9.17, 15) is 5.21 Å². The van der Waals surface area contributed by atoms with E-state index in [1.54, 1.807) is 0 Å². The van der Waals surface area contributed by atoms with Gasteiger partial charge in [-0.15, -0.1) is 5.06 Å². The first-order valence-electron chi connectivity index (χ1n) is 2.00. The third-order valence-electron chi connectivity index (χ3n) is 0.799. The van der Waals surface area contributed by atoms with Crippen molar-refractivity contribution in [1.29, 1.82) is 0 Å². The number of hydroxylamine groups is 3. The molecule has 0 amide bonds. The second-order valence-corrected chi connectivity index (χ2v) is 1.43. The van der Waals surface area contributed by atoms with Gasteiger partial charge in [0.15, 0.2) is 6.21 Å². The second kappa shape index (κ2) is 1.48. The summed E-state index contributed by atoms with van der Waals surface area (Å²) in [7, 11) is 0. The minimum Gasteiger partial charge on any atom is -0.623 e. The standard InChI is InChI=1S/C3H6N2O2/c6-4-1-2-5(7)3-4/h1,7H,2-3H2. The molecule has 0 spiro atoms. The number of hydrogen-bond acceptors (Lipinski definition) is 3. The van der Waals surface area contributed by atoms with Gasteiger partial charge in [-0.2, -0.15) is 4.74 Å². The van der Waals surface area contributed by atoms with E-state index in [0.29, 0.717) is 11.3 Å². The number of nitrogens with zero attached hydrogens (tertiary/aromatic N) is 2. The van der Waals surface area contributed by atoms with Crippen LogP contribution in [0.2, 0.25) is 0 Å². The highest BCUT2D eigenvalue weighted by molar-refractivity contribution is 5.54. The van der Waals surface area contributed by atoms with Crippen molar-refractivity contribution in [2.24, 2.45) is 0 Å². The average Bonchev–Trinajstić information content (AvgIpc) is 1.87. The van der Waals surface area contributed by atoms with Crippen molar-refractivity contribution in [2.45, 2.75) is 0 Å². The van der Waals surface area contributed by atoms with Crippen LogP contribution in [0.3, 0.4) is 0 Å². The predicted molar refractivity (Wildman–Crippen MR) is 23.1 cm³/mol. The Balaban J connectivity index is 2.42. The van der Waals surface area contributed by atoms with Gasteiger partial charge >= 0.3 is 0 Å².